The summed E-state index contributed by atoms with van der Waals surface area (Å²) >= 11 is 6.57. The van der Waals surface area contributed by atoms with E-state index in [1.807, 2.05) is 6.92 Å². The third-order valence-corrected chi connectivity index (χ3v) is 3.45. The quantitative estimate of drug-likeness (QED) is 0.636. The largest absolute Gasteiger partial charge is 0.416 e. The van der Waals surface area contributed by atoms with Gasteiger partial charge in [0.25, 0.3) is 0 Å². The topological polar surface area (TPSA) is 3.24 Å². The first kappa shape index (κ1) is 15.8. The average molecular weight is 389 g/mol. The Balaban J connectivity index is 3.03. The van der Waals surface area contributed by atoms with Crippen LogP contribution < -0.4 is 4.90 Å². The first-order valence-electron chi connectivity index (χ1n) is 5.57. The highest BCUT2D eigenvalue weighted by molar-refractivity contribution is 9.10. The molecule has 1 aromatic rings. The summed E-state index contributed by atoms with van der Waals surface area (Å²) in [6.45, 7) is 3.62. The molecule has 6 heteroatoms. The molecule has 0 amide bonds. The van der Waals surface area contributed by atoms with Crippen LogP contribution in [0.25, 0.3) is 0 Å². The fourth-order valence-corrected chi connectivity index (χ4v) is 2.72. The van der Waals surface area contributed by atoms with Crippen molar-refractivity contribution in [3.05, 3.63) is 28.2 Å². The molecule has 0 saturated heterocycles. The summed E-state index contributed by atoms with van der Waals surface area (Å²) < 4.78 is 38.1. The Labute approximate surface area is 122 Å². The average Bonchev–Trinajstić information content (AvgIpc) is 2.27. The van der Waals surface area contributed by atoms with Gasteiger partial charge in [-0.3, -0.25) is 0 Å². The van der Waals surface area contributed by atoms with Crippen LogP contribution in [0, 0.1) is 0 Å². The Morgan fingerprint density at radius 3 is 2.33 bits per heavy atom. The van der Waals surface area contributed by atoms with Gasteiger partial charge in [0.15, 0.2) is 0 Å². The molecule has 0 N–H and O–H groups in total. The van der Waals surface area contributed by atoms with Crippen LogP contribution in [0.3, 0.4) is 0 Å². The number of hydrogen-bond acceptors (Lipinski definition) is 1. The molecule has 0 atom stereocenters. The molecule has 0 heterocycles. The highest BCUT2D eigenvalue weighted by Gasteiger charge is 2.31. The SMILES string of the molecule is CCCN(CCBr)c1ccc(C(F)(F)F)cc1Br. The molecule has 0 aliphatic heterocycles. The van der Waals surface area contributed by atoms with Crippen molar-refractivity contribution in [3.8, 4) is 0 Å². The van der Waals surface area contributed by atoms with E-state index < -0.39 is 11.7 Å². The molecule has 0 aromatic heterocycles. The van der Waals surface area contributed by atoms with Gasteiger partial charge in [-0.15, -0.1) is 0 Å². The lowest BCUT2D eigenvalue weighted by Gasteiger charge is -2.25. The van der Waals surface area contributed by atoms with Gasteiger partial charge in [0.05, 0.1) is 11.3 Å². The number of benzene rings is 1. The minimum Gasteiger partial charge on any atom is -0.370 e. The van der Waals surface area contributed by atoms with Crippen molar-refractivity contribution in [2.24, 2.45) is 0 Å². The van der Waals surface area contributed by atoms with E-state index in [1.165, 1.54) is 6.07 Å². The number of hydrogen-bond donors (Lipinski definition) is 0. The normalized spacial score (nSPS) is 11.7. The molecule has 0 aliphatic carbocycles. The number of alkyl halides is 4. The maximum Gasteiger partial charge on any atom is 0.416 e. The summed E-state index contributed by atoms with van der Waals surface area (Å²) in [6.07, 6.45) is -3.35. The van der Waals surface area contributed by atoms with E-state index in [0.717, 1.165) is 42.7 Å². The van der Waals surface area contributed by atoms with Gasteiger partial charge < -0.3 is 4.90 Å². The standard InChI is InChI=1S/C12H14Br2F3N/c1-2-6-18(7-5-13)11-4-3-9(8-10(11)14)12(15,16)17/h3-4,8H,2,5-7H2,1H3. The third-order valence-electron chi connectivity index (χ3n) is 2.46. The molecule has 0 fully saturated rings. The van der Waals surface area contributed by atoms with Gasteiger partial charge in [-0.2, -0.15) is 13.2 Å². The first-order valence-corrected chi connectivity index (χ1v) is 7.49. The van der Waals surface area contributed by atoms with Crippen molar-refractivity contribution in [2.75, 3.05) is 23.3 Å². The van der Waals surface area contributed by atoms with E-state index in [-0.39, 0.29) is 0 Å². The van der Waals surface area contributed by atoms with Crippen LogP contribution >= 0.6 is 31.9 Å². The second kappa shape index (κ2) is 6.80. The van der Waals surface area contributed by atoms with Crippen molar-refractivity contribution < 1.29 is 13.2 Å². The highest BCUT2D eigenvalue weighted by Crippen LogP contribution is 2.35. The summed E-state index contributed by atoms with van der Waals surface area (Å²) in [4.78, 5) is 2.05. The molecule has 102 valence electrons. The monoisotopic (exact) mass is 387 g/mol. The van der Waals surface area contributed by atoms with Crippen LogP contribution in [-0.4, -0.2) is 18.4 Å². The molecule has 0 saturated carbocycles. The summed E-state index contributed by atoms with van der Waals surface area (Å²) in [7, 11) is 0. The lowest BCUT2D eigenvalue weighted by atomic mass is 10.2. The van der Waals surface area contributed by atoms with Gasteiger partial charge in [-0.25, -0.2) is 0 Å². The summed E-state index contributed by atoms with van der Waals surface area (Å²) in [5.74, 6) is 0. The molecule has 1 rings (SSSR count). The Hall–Kier alpha value is -0.230. The Morgan fingerprint density at radius 2 is 1.89 bits per heavy atom. The molecule has 0 spiro atoms. The smallest absolute Gasteiger partial charge is 0.370 e. The Kier molecular flexibility index (Phi) is 5.98. The van der Waals surface area contributed by atoms with Crippen LogP contribution in [0.2, 0.25) is 0 Å². The third kappa shape index (κ3) is 4.16. The van der Waals surface area contributed by atoms with Gasteiger partial charge in [0.1, 0.15) is 0 Å². The summed E-state index contributed by atoms with van der Waals surface area (Å²) in [5.41, 5.74) is 0.165. The minimum absolute atomic E-state index is 0.478. The maximum absolute atomic E-state index is 12.6. The zero-order valence-electron chi connectivity index (χ0n) is 9.90. The fourth-order valence-electron chi connectivity index (χ4n) is 1.66. The predicted octanol–water partition coefficient (Wildman–Crippen LogP) is 5.08. The number of halogens is 5. The molecule has 0 aliphatic rings. The molecular weight excluding hydrogens is 375 g/mol. The zero-order chi connectivity index (χ0) is 13.8. The second-order valence-electron chi connectivity index (χ2n) is 3.84. The van der Waals surface area contributed by atoms with Crippen LogP contribution in [0.4, 0.5) is 18.9 Å². The Bertz CT molecular complexity index is 387. The van der Waals surface area contributed by atoms with Crippen LogP contribution in [0.15, 0.2) is 22.7 Å². The van der Waals surface area contributed by atoms with E-state index >= 15 is 0 Å². The van der Waals surface area contributed by atoms with Crippen molar-refractivity contribution in [1.82, 2.24) is 0 Å². The van der Waals surface area contributed by atoms with Crippen molar-refractivity contribution in [1.29, 1.82) is 0 Å². The van der Waals surface area contributed by atoms with Crippen molar-refractivity contribution >= 4 is 37.5 Å². The van der Waals surface area contributed by atoms with Gasteiger partial charge in [-0.1, -0.05) is 22.9 Å². The lowest BCUT2D eigenvalue weighted by molar-refractivity contribution is -0.137. The van der Waals surface area contributed by atoms with E-state index in [1.54, 1.807) is 0 Å². The highest BCUT2D eigenvalue weighted by atomic mass is 79.9. The molecule has 1 aromatic carbocycles. The number of anilines is 1. The van der Waals surface area contributed by atoms with E-state index in [9.17, 15) is 13.2 Å². The predicted molar refractivity (Wildman–Crippen MR) is 75.4 cm³/mol. The zero-order valence-corrected chi connectivity index (χ0v) is 13.1. The van der Waals surface area contributed by atoms with Crippen molar-refractivity contribution in [2.45, 2.75) is 19.5 Å². The van der Waals surface area contributed by atoms with Crippen molar-refractivity contribution in [3.63, 3.8) is 0 Å². The van der Waals surface area contributed by atoms with Gasteiger partial charge >= 0.3 is 6.18 Å². The molecular formula is C12H14Br2F3N. The first-order chi connectivity index (χ1) is 8.40. The van der Waals surface area contributed by atoms with Crippen LogP contribution in [-0.2, 0) is 6.18 Å². The second-order valence-corrected chi connectivity index (χ2v) is 5.49. The fraction of sp³-hybridized carbons (Fsp3) is 0.500. The minimum atomic E-state index is -4.30. The summed E-state index contributed by atoms with van der Waals surface area (Å²) in [6, 6.07) is 3.77. The van der Waals surface area contributed by atoms with E-state index in [2.05, 4.69) is 36.8 Å². The molecule has 18 heavy (non-hydrogen) atoms. The van der Waals surface area contributed by atoms with E-state index in [0.29, 0.717) is 4.47 Å². The van der Waals surface area contributed by atoms with Gasteiger partial charge in [-0.05, 0) is 40.5 Å². The number of nitrogens with zero attached hydrogens (tertiary/aromatic N) is 1. The molecule has 0 bridgehead atoms. The molecule has 1 nitrogen and oxygen atoms in total. The van der Waals surface area contributed by atoms with Crippen LogP contribution in [0.5, 0.6) is 0 Å². The van der Waals surface area contributed by atoms with Gasteiger partial charge in [0, 0.05) is 22.9 Å². The maximum atomic E-state index is 12.6. The Morgan fingerprint density at radius 1 is 1.22 bits per heavy atom. The summed E-state index contributed by atoms with van der Waals surface area (Å²) in [5, 5.41) is 0.778. The van der Waals surface area contributed by atoms with Gasteiger partial charge in [0.2, 0.25) is 0 Å². The lowest BCUT2D eigenvalue weighted by Crippen LogP contribution is -2.26. The molecule has 0 radical (unpaired) electrons. The van der Waals surface area contributed by atoms with E-state index in [4.69, 9.17) is 0 Å². The van der Waals surface area contributed by atoms with Crippen LogP contribution in [0.1, 0.15) is 18.9 Å². The number of rotatable bonds is 5. The molecule has 0 unspecified atom stereocenters.